The number of hydrogen-bond acceptors (Lipinski definition) is 4. The van der Waals surface area contributed by atoms with E-state index in [9.17, 15) is 4.79 Å². The molecule has 0 aliphatic carbocycles. The van der Waals surface area contributed by atoms with Crippen LogP contribution in [0.2, 0.25) is 0 Å². The van der Waals surface area contributed by atoms with Crippen molar-refractivity contribution in [3.63, 3.8) is 0 Å². The average Bonchev–Trinajstić information content (AvgIpc) is 2.71. The van der Waals surface area contributed by atoms with Gasteiger partial charge >= 0.3 is 0 Å². The fraction of sp³-hybridized carbons (Fsp3) is 0.125. The summed E-state index contributed by atoms with van der Waals surface area (Å²) >= 11 is 1.53. The molecule has 0 atom stereocenters. The molecule has 13 heavy (non-hydrogen) atoms. The van der Waals surface area contributed by atoms with Gasteiger partial charge in [-0.2, -0.15) is 5.10 Å². The van der Waals surface area contributed by atoms with Gasteiger partial charge in [-0.25, -0.2) is 4.98 Å². The fourth-order valence-corrected chi connectivity index (χ4v) is 1.85. The van der Waals surface area contributed by atoms with Crippen molar-refractivity contribution < 1.29 is 4.79 Å². The smallest absolute Gasteiger partial charge is 0.153 e. The van der Waals surface area contributed by atoms with E-state index in [1.54, 1.807) is 6.20 Å². The van der Waals surface area contributed by atoms with Gasteiger partial charge < -0.3 is 0 Å². The quantitative estimate of drug-likeness (QED) is 0.738. The molecule has 0 unspecified atom stereocenters. The number of aldehydes is 1. The zero-order valence-electron chi connectivity index (χ0n) is 6.94. The van der Waals surface area contributed by atoms with Gasteiger partial charge in [0.05, 0.1) is 27.3 Å². The molecule has 2 heterocycles. The zero-order chi connectivity index (χ0) is 9.26. The standard InChI is InChI=1S/C8H7N3OS/c1-5-9-3-7(13-5)8-6(4-12)2-10-11-8/h2-4H,1H3,(H,10,11). The Morgan fingerprint density at radius 1 is 1.54 bits per heavy atom. The van der Waals surface area contributed by atoms with Crippen LogP contribution in [0.5, 0.6) is 0 Å². The molecule has 5 heteroatoms. The molecule has 0 aliphatic rings. The van der Waals surface area contributed by atoms with Gasteiger partial charge in [0.15, 0.2) is 6.29 Å². The molecule has 66 valence electrons. The van der Waals surface area contributed by atoms with Crippen LogP contribution in [0.15, 0.2) is 12.4 Å². The van der Waals surface area contributed by atoms with Gasteiger partial charge in [-0.15, -0.1) is 11.3 Å². The van der Waals surface area contributed by atoms with Crippen molar-refractivity contribution in [3.05, 3.63) is 23.0 Å². The van der Waals surface area contributed by atoms with Crippen LogP contribution >= 0.6 is 11.3 Å². The number of hydrogen-bond donors (Lipinski definition) is 1. The van der Waals surface area contributed by atoms with Gasteiger partial charge in [0.1, 0.15) is 0 Å². The zero-order valence-corrected chi connectivity index (χ0v) is 7.76. The second-order valence-electron chi connectivity index (χ2n) is 2.56. The van der Waals surface area contributed by atoms with E-state index in [1.165, 1.54) is 17.5 Å². The van der Waals surface area contributed by atoms with Crippen LogP contribution in [0.4, 0.5) is 0 Å². The second kappa shape index (κ2) is 3.10. The first kappa shape index (κ1) is 8.12. The molecule has 0 fully saturated rings. The Labute approximate surface area is 78.6 Å². The lowest BCUT2D eigenvalue weighted by Crippen LogP contribution is -1.79. The molecule has 0 aliphatic heterocycles. The summed E-state index contributed by atoms with van der Waals surface area (Å²) in [6.07, 6.45) is 4.03. The molecule has 0 radical (unpaired) electrons. The summed E-state index contributed by atoms with van der Waals surface area (Å²) < 4.78 is 0. The monoisotopic (exact) mass is 193 g/mol. The van der Waals surface area contributed by atoms with E-state index < -0.39 is 0 Å². The summed E-state index contributed by atoms with van der Waals surface area (Å²) in [5.74, 6) is 0. The van der Waals surface area contributed by atoms with Crippen molar-refractivity contribution in [2.75, 3.05) is 0 Å². The van der Waals surface area contributed by atoms with Crippen molar-refractivity contribution in [1.82, 2.24) is 15.2 Å². The van der Waals surface area contributed by atoms with Crippen LogP contribution < -0.4 is 0 Å². The lowest BCUT2D eigenvalue weighted by Gasteiger charge is -1.89. The molecule has 0 saturated carbocycles. The number of aromatic nitrogens is 3. The maximum atomic E-state index is 10.6. The molecular formula is C8H7N3OS. The number of thiazole rings is 1. The first-order chi connectivity index (χ1) is 6.31. The first-order valence-electron chi connectivity index (χ1n) is 3.72. The van der Waals surface area contributed by atoms with E-state index in [-0.39, 0.29) is 0 Å². The largest absolute Gasteiger partial charge is 0.298 e. The number of carbonyl (C=O) groups is 1. The molecule has 0 spiro atoms. The molecule has 0 amide bonds. The molecule has 0 aromatic carbocycles. The van der Waals surface area contributed by atoms with Gasteiger partial charge in [0.2, 0.25) is 0 Å². The van der Waals surface area contributed by atoms with Crippen LogP contribution in [-0.2, 0) is 0 Å². The van der Waals surface area contributed by atoms with Crippen molar-refractivity contribution in [3.8, 4) is 10.6 Å². The average molecular weight is 193 g/mol. The van der Waals surface area contributed by atoms with E-state index in [0.717, 1.165) is 21.9 Å². The number of aryl methyl sites for hydroxylation is 1. The van der Waals surface area contributed by atoms with Crippen LogP contribution in [-0.4, -0.2) is 21.5 Å². The third-order valence-corrected chi connectivity index (χ3v) is 2.59. The van der Waals surface area contributed by atoms with Crippen LogP contribution in [0, 0.1) is 6.92 Å². The minimum Gasteiger partial charge on any atom is -0.298 e. The second-order valence-corrected chi connectivity index (χ2v) is 3.80. The van der Waals surface area contributed by atoms with E-state index >= 15 is 0 Å². The number of nitrogens with zero attached hydrogens (tertiary/aromatic N) is 2. The molecular weight excluding hydrogens is 186 g/mol. The van der Waals surface area contributed by atoms with Gasteiger partial charge in [0.25, 0.3) is 0 Å². The van der Waals surface area contributed by atoms with E-state index in [2.05, 4.69) is 15.2 Å². The van der Waals surface area contributed by atoms with Crippen molar-refractivity contribution >= 4 is 17.6 Å². The normalized spacial score (nSPS) is 10.2. The number of H-pyrrole nitrogens is 1. The number of nitrogens with one attached hydrogen (secondary N) is 1. The van der Waals surface area contributed by atoms with E-state index in [4.69, 9.17) is 0 Å². The lowest BCUT2D eigenvalue weighted by molar-refractivity contribution is 0.112. The Hall–Kier alpha value is -1.49. The summed E-state index contributed by atoms with van der Waals surface area (Å²) in [4.78, 5) is 15.6. The highest BCUT2D eigenvalue weighted by Crippen LogP contribution is 2.25. The first-order valence-corrected chi connectivity index (χ1v) is 4.54. The maximum absolute atomic E-state index is 10.6. The third-order valence-electron chi connectivity index (χ3n) is 1.66. The van der Waals surface area contributed by atoms with Gasteiger partial charge in [0, 0.05) is 6.20 Å². The molecule has 0 bridgehead atoms. The summed E-state index contributed by atoms with van der Waals surface area (Å²) in [5.41, 5.74) is 1.32. The summed E-state index contributed by atoms with van der Waals surface area (Å²) in [7, 11) is 0. The topological polar surface area (TPSA) is 58.6 Å². The summed E-state index contributed by atoms with van der Waals surface area (Å²) in [5, 5.41) is 7.55. The number of rotatable bonds is 2. The van der Waals surface area contributed by atoms with Crippen molar-refractivity contribution in [1.29, 1.82) is 0 Å². The number of aromatic amines is 1. The minimum atomic E-state index is 0.573. The summed E-state index contributed by atoms with van der Waals surface area (Å²) in [6.45, 7) is 1.92. The van der Waals surface area contributed by atoms with Crippen LogP contribution in [0.25, 0.3) is 10.6 Å². The Balaban J connectivity index is 2.51. The Kier molecular flexibility index (Phi) is 1.94. The summed E-state index contributed by atoms with van der Waals surface area (Å²) in [6, 6.07) is 0. The van der Waals surface area contributed by atoms with Crippen molar-refractivity contribution in [2.45, 2.75) is 6.92 Å². The molecule has 0 saturated heterocycles. The van der Waals surface area contributed by atoms with Crippen LogP contribution in [0.1, 0.15) is 15.4 Å². The molecule has 2 rings (SSSR count). The fourth-order valence-electron chi connectivity index (χ4n) is 1.06. The van der Waals surface area contributed by atoms with E-state index in [0.29, 0.717) is 5.56 Å². The molecule has 2 aromatic rings. The van der Waals surface area contributed by atoms with E-state index in [1.807, 2.05) is 6.92 Å². The predicted molar refractivity (Wildman–Crippen MR) is 49.8 cm³/mol. The highest BCUT2D eigenvalue weighted by molar-refractivity contribution is 7.15. The van der Waals surface area contributed by atoms with Gasteiger partial charge in [-0.3, -0.25) is 9.89 Å². The SMILES string of the molecule is Cc1ncc(-c2[nH]ncc2C=O)s1. The van der Waals surface area contributed by atoms with Crippen LogP contribution in [0.3, 0.4) is 0 Å². The molecule has 2 aromatic heterocycles. The highest BCUT2D eigenvalue weighted by atomic mass is 32.1. The minimum absolute atomic E-state index is 0.573. The van der Waals surface area contributed by atoms with Gasteiger partial charge in [-0.1, -0.05) is 0 Å². The van der Waals surface area contributed by atoms with Crippen molar-refractivity contribution in [2.24, 2.45) is 0 Å². The third kappa shape index (κ3) is 1.38. The Morgan fingerprint density at radius 3 is 3.00 bits per heavy atom. The maximum Gasteiger partial charge on any atom is 0.153 e. The number of carbonyl (C=O) groups excluding carboxylic acids is 1. The molecule has 4 nitrogen and oxygen atoms in total. The Morgan fingerprint density at radius 2 is 2.38 bits per heavy atom. The highest BCUT2D eigenvalue weighted by Gasteiger charge is 2.08. The lowest BCUT2D eigenvalue weighted by atomic mass is 10.2. The Bertz CT molecular complexity index is 432. The van der Waals surface area contributed by atoms with Gasteiger partial charge in [-0.05, 0) is 6.92 Å². The predicted octanol–water partition coefficient (Wildman–Crippen LogP) is 1.65. The molecule has 1 N–H and O–H groups in total.